The first-order valence-electron chi connectivity index (χ1n) is 7.77. The molecule has 0 aliphatic rings. The van der Waals surface area contributed by atoms with Crippen molar-refractivity contribution >= 4 is 11.9 Å². The summed E-state index contributed by atoms with van der Waals surface area (Å²) in [5.74, 6) is -1.42. The summed E-state index contributed by atoms with van der Waals surface area (Å²) < 4.78 is 0. The second-order valence-corrected chi connectivity index (χ2v) is 5.76. The number of nitrogens with zero attached hydrogens (tertiary/aromatic N) is 1. The zero-order valence-electron chi connectivity index (χ0n) is 13.8. The van der Waals surface area contributed by atoms with Gasteiger partial charge in [0.2, 0.25) is 5.91 Å². The van der Waals surface area contributed by atoms with Crippen LogP contribution in [0.3, 0.4) is 0 Å². The number of carbonyl (C=O) groups is 2. The van der Waals surface area contributed by atoms with Crippen molar-refractivity contribution in [1.82, 2.24) is 15.8 Å². The van der Waals surface area contributed by atoms with E-state index >= 15 is 0 Å². The van der Waals surface area contributed by atoms with Crippen LogP contribution in [0.5, 0.6) is 0 Å². The Hall–Kier alpha value is -2.00. The number of benzene rings is 1. The highest BCUT2D eigenvalue weighted by Gasteiger charge is 2.16. The van der Waals surface area contributed by atoms with Crippen LogP contribution >= 0.6 is 0 Å². The van der Waals surface area contributed by atoms with Crippen molar-refractivity contribution in [2.45, 2.75) is 31.5 Å². The molecule has 1 aromatic carbocycles. The van der Waals surface area contributed by atoms with E-state index < -0.39 is 18.1 Å². The number of hydrazine groups is 1. The Morgan fingerprint density at radius 1 is 1.29 bits per heavy atom. The van der Waals surface area contributed by atoms with E-state index in [9.17, 15) is 14.7 Å². The molecule has 0 aliphatic carbocycles. The molecule has 0 spiro atoms. The van der Waals surface area contributed by atoms with Crippen LogP contribution in [0, 0.1) is 0 Å². The average molecular weight is 338 g/mol. The molecule has 24 heavy (non-hydrogen) atoms. The first-order valence-corrected chi connectivity index (χ1v) is 7.77. The Morgan fingerprint density at radius 3 is 2.58 bits per heavy atom. The number of aliphatic carboxylic acids is 1. The number of nitrogens with two attached hydrogens (primary N) is 1. The van der Waals surface area contributed by atoms with E-state index in [0.29, 0.717) is 13.1 Å². The number of carboxylic acids is 1. The van der Waals surface area contributed by atoms with Crippen LogP contribution in [0.1, 0.15) is 18.4 Å². The predicted octanol–water partition coefficient (Wildman–Crippen LogP) is -0.708. The Bertz CT molecular complexity index is 512. The van der Waals surface area contributed by atoms with Crippen LogP contribution in [-0.2, 0) is 16.1 Å². The highest BCUT2D eigenvalue weighted by Crippen LogP contribution is 2.02. The summed E-state index contributed by atoms with van der Waals surface area (Å²) in [4.78, 5) is 22.2. The smallest absolute Gasteiger partial charge is 0.319 e. The van der Waals surface area contributed by atoms with Gasteiger partial charge in [-0.05, 0) is 12.0 Å². The molecule has 0 heterocycles. The monoisotopic (exact) mass is 338 g/mol. The van der Waals surface area contributed by atoms with Crippen LogP contribution in [-0.4, -0.2) is 59.4 Å². The zero-order chi connectivity index (χ0) is 17.9. The van der Waals surface area contributed by atoms with Crippen LogP contribution in [0.4, 0.5) is 0 Å². The molecule has 0 saturated carbocycles. The average Bonchev–Trinajstić information content (AvgIpc) is 2.46. The van der Waals surface area contributed by atoms with E-state index in [1.54, 1.807) is 0 Å². The molecule has 0 bridgehead atoms. The third-order valence-electron chi connectivity index (χ3n) is 3.26. The molecule has 1 aromatic rings. The van der Waals surface area contributed by atoms with Crippen molar-refractivity contribution < 1.29 is 19.8 Å². The summed E-state index contributed by atoms with van der Waals surface area (Å²) in [6.07, 6.45) is -0.370. The topological polar surface area (TPSA) is 128 Å². The maximum absolute atomic E-state index is 11.7. The second kappa shape index (κ2) is 10.7. The molecule has 1 rings (SSSR count). The molecule has 8 heteroatoms. The fourth-order valence-electron chi connectivity index (χ4n) is 2.23. The summed E-state index contributed by atoms with van der Waals surface area (Å²) in [5.41, 5.74) is 9.39. The molecule has 0 fully saturated rings. The number of hydrogen-bond acceptors (Lipinski definition) is 6. The maximum atomic E-state index is 11.7. The van der Waals surface area contributed by atoms with Gasteiger partial charge in [-0.15, -0.1) is 0 Å². The molecule has 6 N–H and O–H groups in total. The molecule has 134 valence electrons. The lowest BCUT2D eigenvalue weighted by molar-refractivity contribution is -0.139. The van der Waals surface area contributed by atoms with Gasteiger partial charge in [0.1, 0.15) is 6.54 Å². The van der Waals surface area contributed by atoms with E-state index in [2.05, 4.69) is 10.7 Å². The number of hydrogen-bond donors (Lipinski definition) is 5. The van der Waals surface area contributed by atoms with Gasteiger partial charge in [-0.3, -0.25) is 15.0 Å². The van der Waals surface area contributed by atoms with Crippen molar-refractivity contribution in [2.75, 3.05) is 20.1 Å². The van der Waals surface area contributed by atoms with E-state index in [0.717, 1.165) is 5.56 Å². The van der Waals surface area contributed by atoms with Gasteiger partial charge in [0.05, 0.1) is 6.10 Å². The molecule has 0 radical (unpaired) electrons. The summed E-state index contributed by atoms with van der Waals surface area (Å²) in [6, 6.07) is 9.31. The van der Waals surface area contributed by atoms with E-state index in [-0.39, 0.29) is 25.3 Å². The van der Waals surface area contributed by atoms with Crippen LogP contribution in [0.15, 0.2) is 30.3 Å². The first kappa shape index (κ1) is 20.0. The number of amides is 1. The largest absolute Gasteiger partial charge is 0.480 e. The molecule has 8 nitrogen and oxygen atoms in total. The summed E-state index contributed by atoms with van der Waals surface area (Å²) in [7, 11) is 1.46. The summed E-state index contributed by atoms with van der Waals surface area (Å²) in [6.45, 7) is 0.726. The van der Waals surface area contributed by atoms with Gasteiger partial charge in [-0.1, -0.05) is 30.3 Å². The minimum Gasteiger partial charge on any atom is -0.480 e. The van der Waals surface area contributed by atoms with Gasteiger partial charge >= 0.3 is 5.97 Å². The van der Waals surface area contributed by atoms with Gasteiger partial charge in [-0.2, -0.15) is 0 Å². The number of rotatable bonds is 11. The molecular formula is C16H26N4O4. The molecule has 1 amide bonds. The Kier molecular flexibility index (Phi) is 8.95. The molecule has 0 aliphatic heterocycles. The van der Waals surface area contributed by atoms with Gasteiger partial charge in [0.25, 0.3) is 0 Å². The van der Waals surface area contributed by atoms with Crippen LogP contribution < -0.4 is 16.5 Å². The third-order valence-corrected chi connectivity index (χ3v) is 3.26. The van der Waals surface area contributed by atoms with Crippen LogP contribution in [0.2, 0.25) is 0 Å². The molecule has 0 unspecified atom stereocenters. The van der Waals surface area contributed by atoms with Gasteiger partial charge < -0.3 is 21.3 Å². The minimum atomic E-state index is -1.04. The number of carboxylic acid groups (broad SMARTS) is 1. The molecule has 2 atom stereocenters. The van der Waals surface area contributed by atoms with Crippen molar-refractivity contribution in [1.29, 1.82) is 0 Å². The van der Waals surface area contributed by atoms with E-state index in [4.69, 9.17) is 10.8 Å². The van der Waals surface area contributed by atoms with Gasteiger partial charge in [0, 0.05) is 32.6 Å². The lowest BCUT2D eigenvalue weighted by atomic mass is 10.1. The Morgan fingerprint density at radius 2 is 1.96 bits per heavy atom. The highest BCUT2D eigenvalue weighted by molar-refractivity contribution is 5.76. The first-order chi connectivity index (χ1) is 11.4. The van der Waals surface area contributed by atoms with E-state index in [1.807, 2.05) is 30.3 Å². The maximum Gasteiger partial charge on any atom is 0.319 e. The fraction of sp³-hybridized carbons (Fsp3) is 0.500. The highest BCUT2D eigenvalue weighted by atomic mass is 16.4. The van der Waals surface area contributed by atoms with Gasteiger partial charge in [-0.25, -0.2) is 5.01 Å². The van der Waals surface area contributed by atoms with Crippen LogP contribution in [0.25, 0.3) is 0 Å². The molecule has 0 aromatic heterocycles. The number of likely N-dealkylation sites (N-methyl/N-ethyl adjacent to an activating group) is 1. The predicted molar refractivity (Wildman–Crippen MR) is 89.8 cm³/mol. The number of nitrogens with one attached hydrogen (secondary N) is 2. The summed E-state index contributed by atoms with van der Waals surface area (Å²) in [5, 5.41) is 22.9. The zero-order valence-corrected chi connectivity index (χ0v) is 13.8. The van der Waals surface area contributed by atoms with Gasteiger partial charge in [0.15, 0.2) is 0 Å². The molecule has 0 saturated heterocycles. The second-order valence-electron chi connectivity index (χ2n) is 5.76. The number of aliphatic hydroxyl groups excluding tert-OH is 1. The van der Waals surface area contributed by atoms with Crippen molar-refractivity contribution in [3.63, 3.8) is 0 Å². The number of aliphatic hydroxyl groups is 1. The van der Waals surface area contributed by atoms with E-state index in [1.165, 1.54) is 12.1 Å². The normalized spacial score (nSPS) is 13.5. The lowest BCUT2D eigenvalue weighted by Crippen LogP contribution is -2.44. The van der Waals surface area contributed by atoms with Crippen molar-refractivity contribution in [3.8, 4) is 0 Å². The SMILES string of the molecule is CN(CC(=O)O)NC(=O)C[C@H](N)C[C@@H](O)CNCc1ccccc1. The minimum absolute atomic E-state index is 0.0136. The Balaban J connectivity index is 2.19. The Labute approximate surface area is 141 Å². The third kappa shape index (κ3) is 9.21. The summed E-state index contributed by atoms with van der Waals surface area (Å²) >= 11 is 0. The lowest BCUT2D eigenvalue weighted by Gasteiger charge is -2.19. The molecular weight excluding hydrogens is 312 g/mol. The number of carbonyl (C=O) groups excluding carboxylic acids is 1. The van der Waals surface area contributed by atoms with Crippen molar-refractivity contribution in [2.24, 2.45) is 5.73 Å². The standard InChI is InChI=1S/C16H26N4O4/c1-20(11-16(23)24)19-15(22)8-13(17)7-14(21)10-18-9-12-5-3-2-4-6-12/h2-6,13-14,18,21H,7-11,17H2,1H3,(H,19,22)(H,23,24)/t13-,14-/m1/s1. The quantitative estimate of drug-likeness (QED) is 0.337. The fourth-order valence-corrected chi connectivity index (χ4v) is 2.23. The van der Waals surface area contributed by atoms with Crippen molar-refractivity contribution in [3.05, 3.63) is 35.9 Å².